The quantitative estimate of drug-likeness (QED) is 0.141. The van der Waals surface area contributed by atoms with Crippen LogP contribution in [0.25, 0.3) is 15.8 Å². The van der Waals surface area contributed by atoms with Crippen LogP contribution in [0.1, 0.15) is 31.9 Å². The molecule has 0 bridgehead atoms. The summed E-state index contributed by atoms with van der Waals surface area (Å²) in [6, 6.07) is 19.7. The molecule has 0 aliphatic carbocycles. The van der Waals surface area contributed by atoms with Crippen molar-refractivity contribution >= 4 is 56.0 Å². The maximum atomic E-state index is 12.9. The van der Waals surface area contributed by atoms with Gasteiger partial charge in [-0.3, -0.25) is 0 Å². The number of hydrogen-bond donors (Lipinski definition) is 0. The van der Waals surface area contributed by atoms with Crippen molar-refractivity contribution in [1.29, 1.82) is 0 Å². The lowest BCUT2D eigenvalue weighted by Crippen LogP contribution is -2.46. The zero-order valence-electron chi connectivity index (χ0n) is 28.8. The fourth-order valence-electron chi connectivity index (χ4n) is 6.80. The number of rotatable bonds is 11. The van der Waals surface area contributed by atoms with E-state index in [9.17, 15) is 4.79 Å². The van der Waals surface area contributed by atoms with Crippen molar-refractivity contribution in [3.05, 3.63) is 111 Å². The van der Waals surface area contributed by atoms with Gasteiger partial charge in [-0.05, 0) is 67.9 Å². The first kappa shape index (κ1) is 34.7. The second-order valence-corrected chi connectivity index (χ2v) is 14.8. The minimum atomic E-state index is -1.16. The number of hydrogen-bond acceptors (Lipinski definition) is 10. The second-order valence-electron chi connectivity index (χ2n) is 13.1. The molecule has 3 atom stereocenters. The van der Waals surface area contributed by atoms with E-state index in [1.165, 1.54) is 17.4 Å². The van der Waals surface area contributed by atoms with Gasteiger partial charge < -0.3 is 24.0 Å². The van der Waals surface area contributed by atoms with Crippen LogP contribution < -0.4 is 20.2 Å². The molecule has 0 spiro atoms. The first-order chi connectivity index (χ1) is 25.3. The third-order valence-electron chi connectivity index (χ3n) is 9.82. The van der Waals surface area contributed by atoms with Crippen LogP contribution in [0.5, 0.6) is 5.75 Å². The number of benzene rings is 3. The van der Waals surface area contributed by atoms with E-state index < -0.39 is 5.79 Å². The first-order valence-electron chi connectivity index (χ1n) is 17.3. The molecular weight excluding hydrogens is 723 g/mol. The first-order valence-corrected chi connectivity index (χ1v) is 18.9. The molecule has 2 fully saturated rings. The third-order valence-corrected chi connectivity index (χ3v) is 11.3. The predicted octanol–water partition coefficient (Wildman–Crippen LogP) is 6.79. The molecule has 2 aliphatic rings. The van der Waals surface area contributed by atoms with Gasteiger partial charge in [0.1, 0.15) is 44.0 Å². The average Bonchev–Trinajstić information content (AvgIpc) is 3.98. The minimum absolute atomic E-state index is 0.0640. The van der Waals surface area contributed by atoms with Gasteiger partial charge in [0.05, 0.1) is 29.0 Å². The van der Waals surface area contributed by atoms with Crippen molar-refractivity contribution in [2.24, 2.45) is 0 Å². The van der Waals surface area contributed by atoms with Crippen molar-refractivity contribution in [3.63, 3.8) is 0 Å². The van der Waals surface area contributed by atoms with Gasteiger partial charge in [-0.25, -0.2) is 23.7 Å². The van der Waals surface area contributed by atoms with Crippen LogP contribution in [0.15, 0.2) is 89.8 Å². The van der Waals surface area contributed by atoms with Crippen molar-refractivity contribution in [3.8, 4) is 11.4 Å². The molecule has 1 unspecified atom stereocenters. The molecule has 8 rings (SSSR count). The number of halogens is 2. The van der Waals surface area contributed by atoms with Gasteiger partial charge >= 0.3 is 5.69 Å². The molecular formula is C37H38Cl2N8O4S. The molecule has 0 saturated carbocycles. The molecule has 0 amide bonds. The Morgan fingerprint density at radius 1 is 0.981 bits per heavy atom. The van der Waals surface area contributed by atoms with Gasteiger partial charge in [0.2, 0.25) is 5.79 Å². The van der Waals surface area contributed by atoms with Gasteiger partial charge in [0.15, 0.2) is 0 Å². The lowest BCUT2D eigenvalue weighted by atomic mass is 10.1. The zero-order valence-corrected chi connectivity index (χ0v) is 31.1. The Morgan fingerprint density at radius 2 is 1.77 bits per heavy atom. The maximum absolute atomic E-state index is 12.9. The molecule has 3 aromatic heterocycles. The van der Waals surface area contributed by atoms with Gasteiger partial charge in [-0.2, -0.15) is 10.2 Å². The van der Waals surface area contributed by atoms with Crippen molar-refractivity contribution < 1.29 is 14.2 Å². The van der Waals surface area contributed by atoms with E-state index in [1.807, 2.05) is 31.2 Å². The maximum Gasteiger partial charge on any atom is 0.350 e. The second kappa shape index (κ2) is 14.6. The van der Waals surface area contributed by atoms with Gasteiger partial charge in [-0.15, -0.1) is 11.3 Å². The number of aromatic nitrogens is 6. The summed E-state index contributed by atoms with van der Waals surface area (Å²) in [6.45, 7) is 8.54. The summed E-state index contributed by atoms with van der Waals surface area (Å²) in [6.07, 6.45) is 5.20. The van der Waals surface area contributed by atoms with E-state index in [4.69, 9.17) is 37.4 Å². The SMILES string of the molecule is CCC(C)n1ncn(-c2ccc(N3CCN(c4csc5cc(OC[C@H]6CO[C@](Cn7cncn7)(c7ccc(Cl)cc7Cl)O6)ccc45)CC3)cc2)c1=O. The summed E-state index contributed by atoms with van der Waals surface area (Å²) in [4.78, 5) is 21.8. The summed E-state index contributed by atoms with van der Waals surface area (Å²) in [7, 11) is 0. The number of nitrogens with zero attached hydrogens (tertiary/aromatic N) is 8. The number of piperazine rings is 1. The fourth-order valence-corrected chi connectivity index (χ4v) is 8.35. The number of fused-ring (bicyclic) bond motifs is 1. The summed E-state index contributed by atoms with van der Waals surface area (Å²) in [5.74, 6) is -0.395. The molecule has 2 saturated heterocycles. The van der Waals surface area contributed by atoms with E-state index in [2.05, 4.69) is 61.6 Å². The van der Waals surface area contributed by atoms with Crippen LogP contribution in [0.2, 0.25) is 10.0 Å². The highest BCUT2D eigenvalue weighted by molar-refractivity contribution is 7.17. The number of anilines is 2. The zero-order chi connectivity index (χ0) is 35.8. The highest BCUT2D eigenvalue weighted by Gasteiger charge is 2.45. The number of thiophene rings is 1. The van der Waals surface area contributed by atoms with Crippen molar-refractivity contribution in [1.82, 2.24) is 29.1 Å². The molecule has 2 aliphatic heterocycles. The summed E-state index contributed by atoms with van der Waals surface area (Å²) in [5.41, 5.74) is 3.76. The van der Waals surface area contributed by atoms with Gasteiger partial charge in [0, 0.05) is 57.9 Å². The van der Waals surface area contributed by atoms with Crippen LogP contribution in [-0.4, -0.2) is 74.6 Å². The van der Waals surface area contributed by atoms with Crippen LogP contribution in [-0.2, 0) is 21.8 Å². The molecule has 52 heavy (non-hydrogen) atoms. The van der Waals surface area contributed by atoms with E-state index in [1.54, 1.807) is 50.1 Å². The molecule has 5 heterocycles. The molecule has 0 radical (unpaired) electrons. The molecule has 3 aromatic carbocycles. The lowest BCUT2D eigenvalue weighted by Gasteiger charge is -2.37. The molecule has 6 aromatic rings. The lowest BCUT2D eigenvalue weighted by molar-refractivity contribution is -0.190. The van der Waals surface area contributed by atoms with E-state index in [0.717, 1.165) is 54.4 Å². The van der Waals surface area contributed by atoms with E-state index >= 15 is 0 Å². The summed E-state index contributed by atoms with van der Waals surface area (Å²) < 4.78 is 25.0. The van der Waals surface area contributed by atoms with Gasteiger partial charge in [0.25, 0.3) is 0 Å². The predicted molar refractivity (Wildman–Crippen MR) is 204 cm³/mol. The van der Waals surface area contributed by atoms with E-state index in [0.29, 0.717) is 28.8 Å². The third kappa shape index (κ3) is 6.79. The largest absolute Gasteiger partial charge is 0.491 e. The number of ether oxygens (including phenoxy) is 3. The van der Waals surface area contributed by atoms with Gasteiger partial charge in [-0.1, -0.05) is 36.2 Å². The Kier molecular flexibility index (Phi) is 9.70. The Hall–Kier alpha value is -4.40. The van der Waals surface area contributed by atoms with Crippen LogP contribution in [0.3, 0.4) is 0 Å². The topological polar surface area (TPSA) is 105 Å². The highest BCUT2D eigenvalue weighted by atomic mass is 35.5. The van der Waals surface area contributed by atoms with E-state index in [-0.39, 0.29) is 24.4 Å². The summed E-state index contributed by atoms with van der Waals surface area (Å²) in [5, 5.41) is 13.0. The molecule has 12 nitrogen and oxygen atoms in total. The summed E-state index contributed by atoms with van der Waals surface area (Å²) >= 11 is 14.5. The van der Waals surface area contributed by atoms with Crippen LogP contribution >= 0.6 is 34.5 Å². The Bertz CT molecular complexity index is 2210. The molecule has 15 heteroatoms. The fraction of sp³-hybridized carbons (Fsp3) is 0.351. The monoisotopic (exact) mass is 760 g/mol. The Balaban J connectivity index is 0.887. The van der Waals surface area contributed by atoms with Crippen LogP contribution in [0, 0.1) is 0 Å². The Morgan fingerprint density at radius 3 is 2.52 bits per heavy atom. The smallest absolute Gasteiger partial charge is 0.350 e. The van der Waals surface area contributed by atoms with Crippen molar-refractivity contribution in [2.75, 3.05) is 49.2 Å². The standard InChI is InChI=1S/C37H38Cl2N8O4S/c1-3-25(2)47-36(48)46(24-42-47)28-7-5-27(6-8-28)43-12-14-44(15-13-43)34-20-52-35-17-29(9-10-31(34)35)49-18-30-19-50-37(51-30,21-45-23-40-22-41-45)32-11-4-26(38)16-33(32)39/h4-11,16-17,20,22-25,30H,3,12-15,18-19,21H2,1-2H3/t25?,30-,37-/m0/s1. The molecule has 0 N–H and O–H groups in total. The minimum Gasteiger partial charge on any atom is -0.491 e. The van der Waals surface area contributed by atoms with Crippen LogP contribution in [0.4, 0.5) is 11.4 Å². The Labute approximate surface area is 314 Å². The normalized spacial score (nSPS) is 19.8. The van der Waals surface area contributed by atoms with Crippen molar-refractivity contribution in [2.45, 2.75) is 44.7 Å². The average molecular weight is 762 g/mol. The molecule has 270 valence electrons. The highest BCUT2D eigenvalue weighted by Crippen LogP contribution is 2.41.